The highest BCUT2D eigenvalue weighted by Crippen LogP contribution is 2.11. The van der Waals surface area contributed by atoms with E-state index in [4.69, 9.17) is 10.6 Å². The molecule has 0 spiro atoms. The van der Waals surface area contributed by atoms with Crippen molar-refractivity contribution in [1.29, 1.82) is 0 Å². The van der Waals surface area contributed by atoms with E-state index >= 15 is 0 Å². The number of nitrogens with two attached hydrogens (primary N) is 1. The van der Waals surface area contributed by atoms with Gasteiger partial charge in [0.05, 0.1) is 12.4 Å². The largest absolute Gasteiger partial charge is 0.461 e. The fourth-order valence-corrected chi connectivity index (χ4v) is 1.82. The van der Waals surface area contributed by atoms with Crippen LogP contribution in [0, 0.1) is 0 Å². The van der Waals surface area contributed by atoms with Crippen LogP contribution in [0.5, 0.6) is 6.01 Å². The Morgan fingerprint density at radius 3 is 2.43 bits per heavy atom. The molecule has 1 rings (SSSR count). The number of hydrogen-bond donors (Lipinski definition) is 4. The number of nitrogens with one attached hydrogen (secondary N) is 3. The highest BCUT2D eigenvalue weighted by molar-refractivity contribution is 7.88. The minimum absolute atomic E-state index is 0.0789. The molecule has 21 heavy (non-hydrogen) atoms. The molecule has 1 heterocycles. The van der Waals surface area contributed by atoms with Gasteiger partial charge in [-0.3, -0.25) is 5.43 Å². The molecule has 0 fully saturated rings. The van der Waals surface area contributed by atoms with Crippen LogP contribution in [0.15, 0.2) is 0 Å². The first-order valence-corrected chi connectivity index (χ1v) is 8.27. The maximum atomic E-state index is 10.9. The minimum Gasteiger partial charge on any atom is -0.461 e. The normalized spacial score (nSPS) is 11.5. The lowest BCUT2D eigenvalue weighted by Crippen LogP contribution is -2.24. The number of nitrogen functional groups attached to an aromatic ring is 1. The molecule has 0 unspecified atom stereocenters. The van der Waals surface area contributed by atoms with Crippen LogP contribution in [0.3, 0.4) is 0 Å². The summed E-state index contributed by atoms with van der Waals surface area (Å²) in [6.45, 7) is 4.51. The second-order valence-electron chi connectivity index (χ2n) is 4.52. The predicted octanol–water partition coefficient (Wildman–Crippen LogP) is -0.704. The monoisotopic (exact) mass is 319 g/mol. The molecule has 0 saturated carbocycles. The van der Waals surface area contributed by atoms with E-state index in [1.165, 1.54) is 0 Å². The van der Waals surface area contributed by atoms with Gasteiger partial charge in [0.25, 0.3) is 0 Å². The summed E-state index contributed by atoms with van der Waals surface area (Å²) in [6, 6.07) is 0.157. The van der Waals surface area contributed by atoms with E-state index in [1.807, 2.05) is 13.8 Å². The van der Waals surface area contributed by atoms with E-state index in [9.17, 15) is 8.42 Å². The molecule has 0 atom stereocenters. The summed E-state index contributed by atoms with van der Waals surface area (Å²) in [7, 11) is -3.17. The Labute approximate surface area is 123 Å². The van der Waals surface area contributed by atoms with E-state index in [0.29, 0.717) is 25.5 Å². The van der Waals surface area contributed by atoms with Gasteiger partial charge in [0.1, 0.15) is 0 Å². The lowest BCUT2D eigenvalue weighted by Gasteiger charge is -2.11. The predicted molar refractivity (Wildman–Crippen MR) is 79.4 cm³/mol. The Morgan fingerprint density at radius 2 is 1.86 bits per heavy atom. The van der Waals surface area contributed by atoms with Crippen molar-refractivity contribution in [2.75, 3.05) is 30.1 Å². The van der Waals surface area contributed by atoms with Crippen molar-refractivity contribution in [2.45, 2.75) is 26.4 Å². The first kappa shape index (κ1) is 17.3. The van der Waals surface area contributed by atoms with Crippen molar-refractivity contribution >= 4 is 21.9 Å². The molecule has 0 aliphatic carbocycles. The van der Waals surface area contributed by atoms with Crippen molar-refractivity contribution in [3.05, 3.63) is 0 Å². The van der Waals surface area contributed by atoms with Crippen molar-refractivity contribution in [2.24, 2.45) is 5.84 Å². The van der Waals surface area contributed by atoms with Crippen molar-refractivity contribution < 1.29 is 13.2 Å². The van der Waals surface area contributed by atoms with Gasteiger partial charge in [0.2, 0.25) is 21.9 Å². The number of rotatable bonds is 9. The fraction of sp³-hybridized carbons (Fsp3) is 0.700. The van der Waals surface area contributed by atoms with Gasteiger partial charge >= 0.3 is 6.01 Å². The molecule has 0 saturated heterocycles. The Kier molecular flexibility index (Phi) is 6.52. The summed E-state index contributed by atoms with van der Waals surface area (Å²) in [5.74, 6) is 5.76. The van der Waals surface area contributed by atoms with E-state index in [1.54, 1.807) is 0 Å². The number of aromatic nitrogens is 3. The molecule has 0 radical (unpaired) electrons. The zero-order valence-corrected chi connectivity index (χ0v) is 13.1. The summed E-state index contributed by atoms with van der Waals surface area (Å²) >= 11 is 0. The lowest BCUT2D eigenvalue weighted by molar-refractivity contribution is 0.222. The molecule has 0 aromatic carbocycles. The molecule has 0 aliphatic heterocycles. The molecular weight excluding hydrogens is 298 g/mol. The molecule has 11 heteroatoms. The second-order valence-corrected chi connectivity index (χ2v) is 6.36. The minimum atomic E-state index is -3.17. The van der Waals surface area contributed by atoms with Gasteiger partial charge in [-0.1, -0.05) is 0 Å². The Hall–Kier alpha value is -1.72. The van der Waals surface area contributed by atoms with Crippen LogP contribution < -0.4 is 26.0 Å². The third-order valence-electron chi connectivity index (χ3n) is 2.09. The molecule has 120 valence electrons. The average molecular weight is 319 g/mol. The number of nitrogens with zero attached hydrogens (tertiary/aromatic N) is 3. The molecule has 0 bridgehead atoms. The quantitative estimate of drug-likeness (QED) is 0.263. The van der Waals surface area contributed by atoms with Crippen LogP contribution >= 0.6 is 0 Å². The van der Waals surface area contributed by atoms with Crippen LogP contribution in [0.25, 0.3) is 0 Å². The maximum Gasteiger partial charge on any atom is 0.323 e. The summed E-state index contributed by atoms with van der Waals surface area (Å²) in [6.07, 6.45) is 1.61. The standard InChI is InChI=1S/C10H21N7O3S/c1-7(2)20-10-15-8(14-9(16-10)17-11)12-5-4-6-13-21(3,18)19/h7,13H,4-6,11H2,1-3H3,(H2,12,14,15,16,17). The van der Waals surface area contributed by atoms with E-state index < -0.39 is 10.0 Å². The molecule has 0 amide bonds. The summed E-state index contributed by atoms with van der Waals surface area (Å²) in [5, 5.41) is 2.95. The zero-order chi connectivity index (χ0) is 15.9. The SMILES string of the molecule is CC(C)Oc1nc(NN)nc(NCCCNS(C)(=O)=O)n1. The molecule has 10 nitrogen and oxygen atoms in total. The van der Waals surface area contributed by atoms with Crippen molar-refractivity contribution in [3.8, 4) is 6.01 Å². The van der Waals surface area contributed by atoms with Crippen LogP contribution in [-0.2, 0) is 10.0 Å². The highest BCUT2D eigenvalue weighted by Gasteiger charge is 2.08. The van der Waals surface area contributed by atoms with Crippen molar-refractivity contribution in [3.63, 3.8) is 0 Å². The van der Waals surface area contributed by atoms with Crippen molar-refractivity contribution in [1.82, 2.24) is 19.7 Å². The second kappa shape index (κ2) is 7.90. The van der Waals surface area contributed by atoms with Gasteiger partial charge < -0.3 is 10.1 Å². The summed E-state index contributed by atoms with van der Waals surface area (Å²) in [4.78, 5) is 12.1. The fourth-order valence-electron chi connectivity index (χ4n) is 1.31. The molecule has 1 aromatic rings. The topological polar surface area (TPSA) is 144 Å². The van der Waals surface area contributed by atoms with Gasteiger partial charge in [-0.2, -0.15) is 15.0 Å². The number of ether oxygens (including phenoxy) is 1. The Balaban J connectivity index is 2.53. The summed E-state index contributed by atoms with van der Waals surface area (Å²) < 4.78 is 29.6. The Morgan fingerprint density at radius 1 is 1.19 bits per heavy atom. The smallest absolute Gasteiger partial charge is 0.323 e. The number of hydrazine groups is 1. The summed E-state index contributed by atoms with van der Waals surface area (Å²) in [5.41, 5.74) is 2.33. The average Bonchev–Trinajstić information content (AvgIpc) is 2.35. The number of hydrogen-bond acceptors (Lipinski definition) is 9. The van der Waals surface area contributed by atoms with Gasteiger partial charge in [0.15, 0.2) is 0 Å². The number of anilines is 2. The highest BCUT2D eigenvalue weighted by atomic mass is 32.2. The van der Waals surface area contributed by atoms with E-state index in [-0.39, 0.29) is 18.1 Å². The van der Waals surface area contributed by atoms with Crippen LogP contribution in [-0.4, -0.2) is 48.8 Å². The van der Waals surface area contributed by atoms with Gasteiger partial charge in [0, 0.05) is 13.1 Å². The van der Waals surface area contributed by atoms with Crippen LogP contribution in [0.2, 0.25) is 0 Å². The van der Waals surface area contributed by atoms with E-state index in [2.05, 4.69) is 30.4 Å². The zero-order valence-electron chi connectivity index (χ0n) is 12.3. The molecule has 0 aliphatic rings. The number of sulfonamides is 1. The maximum absolute atomic E-state index is 10.9. The molecule has 1 aromatic heterocycles. The van der Waals surface area contributed by atoms with E-state index in [0.717, 1.165) is 6.26 Å². The van der Waals surface area contributed by atoms with Gasteiger partial charge in [-0.05, 0) is 20.3 Å². The Bertz CT molecular complexity index is 550. The third kappa shape index (κ3) is 7.58. The first-order chi connectivity index (χ1) is 9.80. The molecule has 5 N–H and O–H groups in total. The van der Waals surface area contributed by atoms with Gasteiger partial charge in [-0.15, -0.1) is 0 Å². The third-order valence-corrected chi connectivity index (χ3v) is 2.81. The van der Waals surface area contributed by atoms with Crippen LogP contribution in [0.1, 0.15) is 20.3 Å². The lowest BCUT2D eigenvalue weighted by atomic mass is 10.4. The molecular formula is C10H21N7O3S. The van der Waals surface area contributed by atoms with Gasteiger partial charge in [-0.25, -0.2) is 19.0 Å². The first-order valence-electron chi connectivity index (χ1n) is 6.38. The van der Waals surface area contributed by atoms with Crippen LogP contribution in [0.4, 0.5) is 11.9 Å².